The lowest BCUT2D eigenvalue weighted by atomic mass is 10.1. The van der Waals surface area contributed by atoms with Crippen molar-refractivity contribution in [3.8, 4) is 11.5 Å². The fourth-order valence-electron chi connectivity index (χ4n) is 1.99. The molecule has 0 spiro atoms. The molecule has 6 nitrogen and oxygen atoms in total. The molecule has 0 fully saturated rings. The molecule has 2 heterocycles. The first-order valence-electron chi connectivity index (χ1n) is 6.67. The lowest BCUT2D eigenvalue weighted by Crippen LogP contribution is -2.09. The molecular weight excluding hydrogens is 284 g/mol. The predicted octanol–water partition coefficient (Wildman–Crippen LogP) is 3.18. The van der Waals surface area contributed by atoms with E-state index in [1.165, 1.54) is 6.26 Å². The lowest BCUT2D eigenvalue weighted by molar-refractivity contribution is 0.0465. The van der Waals surface area contributed by atoms with Gasteiger partial charge in [-0.2, -0.15) is 0 Å². The van der Waals surface area contributed by atoms with E-state index < -0.39 is 5.97 Å². The maximum atomic E-state index is 12.0. The largest absolute Gasteiger partial charge is 0.461 e. The maximum absolute atomic E-state index is 12.0. The number of hydrogen-bond donors (Lipinski definition) is 1. The maximum Gasteiger partial charge on any atom is 0.340 e. The highest BCUT2D eigenvalue weighted by molar-refractivity contribution is 5.95. The second-order valence-electron chi connectivity index (χ2n) is 4.77. The van der Waals surface area contributed by atoms with E-state index in [1.807, 2.05) is 13.0 Å². The zero-order valence-corrected chi connectivity index (χ0v) is 11.9. The molecule has 0 saturated carbocycles. The van der Waals surface area contributed by atoms with Crippen molar-refractivity contribution in [1.29, 1.82) is 0 Å². The van der Waals surface area contributed by atoms with Crippen LogP contribution in [0.4, 0.5) is 5.69 Å². The summed E-state index contributed by atoms with van der Waals surface area (Å²) in [4.78, 5) is 12.0. The first-order chi connectivity index (χ1) is 10.6. The molecule has 3 rings (SSSR count). The minimum atomic E-state index is -0.497. The molecule has 0 amide bonds. The third-order valence-corrected chi connectivity index (χ3v) is 3.22. The highest BCUT2D eigenvalue weighted by Gasteiger charge is 2.14. The number of carbonyl (C=O) groups is 1. The third kappa shape index (κ3) is 2.71. The molecule has 0 aliphatic heterocycles. The Kier molecular flexibility index (Phi) is 3.65. The number of furan rings is 1. The number of benzene rings is 1. The number of nitrogens with zero attached hydrogens (tertiary/aromatic N) is 1. The van der Waals surface area contributed by atoms with Gasteiger partial charge in [0.25, 0.3) is 0 Å². The Bertz CT molecular complexity index is 790. The molecule has 2 aromatic heterocycles. The minimum Gasteiger partial charge on any atom is -0.461 e. The summed E-state index contributed by atoms with van der Waals surface area (Å²) in [6.45, 7) is 1.83. The summed E-state index contributed by atoms with van der Waals surface area (Å²) in [5.41, 5.74) is 7.96. The monoisotopic (exact) mass is 298 g/mol. The van der Waals surface area contributed by atoms with Crippen LogP contribution in [0.1, 0.15) is 21.6 Å². The molecule has 3 aromatic rings. The van der Waals surface area contributed by atoms with Gasteiger partial charge in [-0.1, -0.05) is 17.3 Å². The average molecular weight is 298 g/mol. The first kappa shape index (κ1) is 13.9. The van der Waals surface area contributed by atoms with Crippen molar-refractivity contribution in [1.82, 2.24) is 5.16 Å². The number of anilines is 1. The molecular formula is C16H14N2O4. The van der Waals surface area contributed by atoms with Crippen molar-refractivity contribution in [2.24, 2.45) is 0 Å². The number of para-hydroxylation sites is 1. The summed E-state index contributed by atoms with van der Waals surface area (Å²) in [6, 6.07) is 10.4. The molecule has 2 N–H and O–H groups in total. The standard InChI is InChI=1S/C16H14N2O4/c1-10-4-2-5-12(15(10)17)16(19)21-9-11-8-14(22-18-11)13-6-3-7-20-13/h2-8H,9,17H2,1H3. The Morgan fingerprint density at radius 2 is 2.14 bits per heavy atom. The number of aromatic nitrogens is 1. The van der Waals surface area contributed by atoms with Gasteiger partial charge >= 0.3 is 5.97 Å². The van der Waals surface area contributed by atoms with Crippen molar-refractivity contribution in [3.05, 3.63) is 59.5 Å². The predicted molar refractivity (Wildman–Crippen MR) is 78.9 cm³/mol. The second kappa shape index (κ2) is 5.77. The highest BCUT2D eigenvalue weighted by Crippen LogP contribution is 2.22. The van der Waals surface area contributed by atoms with Crippen LogP contribution in [-0.2, 0) is 11.3 Å². The van der Waals surface area contributed by atoms with Crippen LogP contribution in [0.25, 0.3) is 11.5 Å². The number of aryl methyl sites for hydroxylation is 1. The van der Waals surface area contributed by atoms with Gasteiger partial charge < -0.3 is 19.4 Å². The summed E-state index contributed by atoms with van der Waals surface area (Å²) >= 11 is 0. The average Bonchev–Trinajstić information content (AvgIpc) is 3.18. The zero-order valence-electron chi connectivity index (χ0n) is 11.9. The summed E-state index contributed by atoms with van der Waals surface area (Å²) in [7, 11) is 0. The van der Waals surface area contributed by atoms with Crippen molar-refractivity contribution in [3.63, 3.8) is 0 Å². The van der Waals surface area contributed by atoms with Gasteiger partial charge in [-0.25, -0.2) is 4.79 Å². The molecule has 22 heavy (non-hydrogen) atoms. The Balaban J connectivity index is 1.68. The van der Waals surface area contributed by atoms with E-state index in [0.29, 0.717) is 28.5 Å². The zero-order chi connectivity index (χ0) is 15.5. The molecule has 0 aliphatic carbocycles. The number of nitrogen functional groups attached to an aromatic ring is 1. The van der Waals surface area contributed by atoms with Crippen molar-refractivity contribution < 1.29 is 18.5 Å². The topological polar surface area (TPSA) is 91.5 Å². The highest BCUT2D eigenvalue weighted by atomic mass is 16.5. The van der Waals surface area contributed by atoms with Crippen LogP contribution in [0.2, 0.25) is 0 Å². The van der Waals surface area contributed by atoms with Gasteiger partial charge in [0.1, 0.15) is 12.3 Å². The van der Waals surface area contributed by atoms with Gasteiger partial charge in [-0.3, -0.25) is 0 Å². The van der Waals surface area contributed by atoms with Crippen LogP contribution in [0.3, 0.4) is 0 Å². The van der Waals surface area contributed by atoms with Gasteiger partial charge in [-0.05, 0) is 30.7 Å². The minimum absolute atomic E-state index is 0.00355. The van der Waals surface area contributed by atoms with E-state index in [9.17, 15) is 4.79 Å². The third-order valence-electron chi connectivity index (χ3n) is 3.22. The number of rotatable bonds is 4. The summed E-state index contributed by atoms with van der Waals surface area (Å²) in [5, 5.41) is 3.83. The SMILES string of the molecule is Cc1cccc(C(=O)OCc2cc(-c3ccco3)on2)c1N. The summed E-state index contributed by atoms with van der Waals surface area (Å²) < 4.78 is 15.5. The molecule has 0 saturated heterocycles. The molecule has 0 atom stereocenters. The molecule has 0 unspecified atom stereocenters. The second-order valence-corrected chi connectivity index (χ2v) is 4.77. The fraction of sp³-hybridized carbons (Fsp3) is 0.125. The van der Waals surface area contributed by atoms with Crippen LogP contribution in [0, 0.1) is 6.92 Å². The van der Waals surface area contributed by atoms with E-state index in [-0.39, 0.29) is 6.61 Å². The van der Waals surface area contributed by atoms with E-state index in [1.54, 1.807) is 30.3 Å². The number of carbonyl (C=O) groups excluding carboxylic acids is 1. The fourth-order valence-corrected chi connectivity index (χ4v) is 1.99. The molecule has 0 aliphatic rings. The van der Waals surface area contributed by atoms with E-state index >= 15 is 0 Å². The number of esters is 1. The van der Waals surface area contributed by atoms with E-state index in [0.717, 1.165) is 5.56 Å². The normalized spacial score (nSPS) is 10.6. The molecule has 6 heteroatoms. The van der Waals surface area contributed by atoms with Gasteiger partial charge in [0.2, 0.25) is 5.76 Å². The van der Waals surface area contributed by atoms with Crippen LogP contribution < -0.4 is 5.73 Å². The molecule has 0 radical (unpaired) electrons. The molecule has 0 bridgehead atoms. The quantitative estimate of drug-likeness (QED) is 0.587. The Hall–Kier alpha value is -3.02. The van der Waals surface area contributed by atoms with Gasteiger partial charge in [0, 0.05) is 11.8 Å². The summed E-state index contributed by atoms with van der Waals surface area (Å²) in [5.74, 6) is 0.544. The number of hydrogen-bond acceptors (Lipinski definition) is 6. The molecule has 1 aromatic carbocycles. The van der Waals surface area contributed by atoms with Crippen LogP contribution in [-0.4, -0.2) is 11.1 Å². The van der Waals surface area contributed by atoms with Crippen LogP contribution >= 0.6 is 0 Å². The smallest absolute Gasteiger partial charge is 0.340 e. The van der Waals surface area contributed by atoms with Gasteiger partial charge in [-0.15, -0.1) is 0 Å². The lowest BCUT2D eigenvalue weighted by Gasteiger charge is -2.07. The van der Waals surface area contributed by atoms with Gasteiger partial charge in [0.15, 0.2) is 5.76 Å². The van der Waals surface area contributed by atoms with E-state index in [4.69, 9.17) is 19.4 Å². The van der Waals surface area contributed by atoms with Gasteiger partial charge in [0.05, 0.1) is 11.8 Å². The van der Waals surface area contributed by atoms with Crippen molar-refractivity contribution in [2.45, 2.75) is 13.5 Å². The first-order valence-corrected chi connectivity index (χ1v) is 6.67. The van der Waals surface area contributed by atoms with Crippen molar-refractivity contribution in [2.75, 3.05) is 5.73 Å². The Morgan fingerprint density at radius 1 is 1.27 bits per heavy atom. The molecule has 112 valence electrons. The number of ether oxygens (including phenoxy) is 1. The Labute approximate surface area is 126 Å². The van der Waals surface area contributed by atoms with Crippen LogP contribution in [0.15, 0.2) is 51.6 Å². The van der Waals surface area contributed by atoms with Crippen molar-refractivity contribution >= 4 is 11.7 Å². The Morgan fingerprint density at radius 3 is 2.91 bits per heavy atom. The number of nitrogens with two attached hydrogens (primary N) is 1. The summed E-state index contributed by atoms with van der Waals surface area (Å²) in [6.07, 6.45) is 1.54. The van der Waals surface area contributed by atoms with E-state index in [2.05, 4.69) is 5.16 Å². The van der Waals surface area contributed by atoms with Crippen LogP contribution in [0.5, 0.6) is 0 Å².